The number of fused-ring (bicyclic) bond motifs is 1. The second kappa shape index (κ2) is 20.7. The first-order valence-corrected chi connectivity index (χ1v) is 21.6. The smallest absolute Gasteiger partial charge is 0.407 e. The third-order valence-electron chi connectivity index (χ3n) is 9.00. The van der Waals surface area contributed by atoms with Crippen LogP contribution in [0.3, 0.4) is 0 Å². The fraction of sp³-hybridized carbons (Fsp3) is 0.639. The average Bonchev–Trinajstić information content (AvgIpc) is 3.76. The monoisotopic (exact) mass is 799 g/mol. The van der Waals surface area contributed by atoms with E-state index in [1.807, 2.05) is 27.7 Å². The number of rotatable bonds is 23. The molecule has 0 radical (unpaired) electrons. The lowest BCUT2D eigenvalue weighted by Crippen LogP contribution is -2.51. The van der Waals surface area contributed by atoms with E-state index in [1.165, 1.54) is 48.5 Å². The van der Waals surface area contributed by atoms with Crippen molar-refractivity contribution in [2.45, 2.75) is 95.7 Å². The fourth-order valence-corrected chi connectivity index (χ4v) is 8.96. The highest BCUT2D eigenvalue weighted by Crippen LogP contribution is 2.48. The standard InChI is InChI=1S/C36H54N3O13PS/c1-5-7-18-50-53(44,51-19-8-6-2)25-49-29-13-15-30(16-14-29)54(45,46)38(22-26(3)4)23-33(40)32(21-27-9-11-28(12-10-27)39(42)43)37-36(41)52-34-24-48-35-31(34)17-20-47-35/h9-16,26,31-35,40H,5-8,17-25H2,1-4H3,(H,37,41)/t31-,32-,33+,34-,35+/m0/s1. The molecule has 4 rings (SSSR count). The summed E-state index contributed by atoms with van der Waals surface area (Å²) in [6.07, 6.45) is 0.193. The molecule has 0 bridgehead atoms. The third kappa shape index (κ3) is 12.7. The Labute approximate surface area is 317 Å². The van der Waals surface area contributed by atoms with Gasteiger partial charge in [0, 0.05) is 25.2 Å². The van der Waals surface area contributed by atoms with Gasteiger partial charge in [-0.15, -0.1) is 0 Å². The molecule has 2 fully saturated rings. The number of hydrogen-bond acceptors (Lipinski definition) is 13. The minimum absolute atomic E-state index is 0.0143. The number of sulfonamides is 1. The predicted octanol–water partition coefficient (Wildman–Crippen LogP) is 5.86. The van der Waals surface area contributed by atoms with Crippen LogP contribution < -0.4 is 10.1 Å². The minimum Gasteiger partial charge on any atom is -0.481 e. The number of nitro groups is 1. The summed E-state index contributed by atoms with van der Waals surface area (Å²) in [5.74, 6) is -0.00372. The van der Waals surface area contributed by atoms with Crippen LogP contribution >= 0.6 is 7.60 Å². The molecule has 302 valence electrons. The van der Waals surface area contributed by atoms with Gasteiger partial charge < -0.3 is 38.4 Å². The molecule has 0 spiro atoms. The van der Waals surface area contributed by atoms with Gasteiger partial charge in [-0.2, -0.15) is 4.31 Å². The first-order chi connectivity index (χ1) is 25.7. The first kappa shape index (κ1) is 43.6. The van der Waals surface area contributed by atoms with E-state index in [0.29, 0.717) is 31.4 Å². The number of alkyl carbamates (subject to hydrolysis) is 1. The number of non-ortho nitro benzene ring substituents is 1. The van der Waals surface area contributed by atoms with E-state index in [-0.39, 0.29) is 67.3 Å². The molecule has 16 nitrogen and oxygen atoms in total. The molecule has 2 N–H and O–H groups in total. The average molecular weight is 800 g/mol. The van der Waals surface area contributed by atoms with Gasteiger partial charge in [-0.1, -0.05) is 52.7 Å². The topological polar surface area (TPSA) is 202 Å². The molecule has 5 atom stereocenters. The van der Waals surface area contributed by atoms with Crippen LogP contribution in [0.1, 0.15) is 65.4 Å². The van der Waals surface area contributed by atoms with Crippen LogP contribution in [0.4, 0.5) is 10.5 Å². The quantitative estimate of drug-likeness (QED) is 0.0586. The van der Waals surface area contributed by atoms with E-state index < -0.39 is 59.7 Å². The summed E-state index contributed by atoms with van der Waals surface area (Å²) < 4.78 is 76.2. The molecule has 54 heavy (non-hydrogen) atoms. The Hall–Kier alpha value is -3.15. The molecule has 1 amide bonds. The Bertz CT molecular complexity index is 1630. The first-order valence-electron chi connectivity index (χ1n) is 18.5. The number of carbonyl (C=O) groups excluding carboxylic acids is 1. The largest absolute Gasteiger partial charge is 0.481 e. The van der Waals surface area contributed by atoms with Gasteiger partial charge in [0.25, 0.3) is 5.69 Å². The minimum atomic E-state index is -4.20. The van der Waals surface area contributed by atoms with Crippen LogP contribution in [0, 0.1) is 22.0 Å². The summed E-state index contributed by atoms with van der Waals surface area (Å²) in [5.41, 5.74) is 0.432. The number of hydrogen-bond donors (Lipinski definition) is 2. The second-order valence-corrected chi connectivity index (χ2v) is 17.8. The molecule has 0 saturated carbocycles. The van der Waals surface area contributed by atoms with Crippen LogP contribution in [0.5, 0.6) is 5.75 Å². The summed E-state index contributed by atoms with van der Waals surface area (Å²) in [7, 11) is -7.75. The van der Waals surface area contributed by atoms with Gasteiger partial charge in [-0.25, -0.2) is 13.2 Å². The van der Waals surface area contributed by atoms with Gasteiger partial charge in [-0.3, -0.25) is 14.7 Å². The Morgan fingerprint density at radius 1 is 1.04 bits per heavy atom. The molecule has 0 aliphatic carbocycles. The van der Waals surface area contributed by atoms with Gasteiger partial charge in [0.15, 0.2) is 12.6 Å². The fourth-order valence-electron chi connectivity index (χ4n) is 5.99. The normalized spacial score (nSPS) is 19.8. The second-order valence-electron chi connectivity index (χ2n) is 13.9. The Morgan fingerprint density at radius 3 is 2.28 bits per heavy atom. The molecule has 2 aromatic carbocycles. The molecule has 2 aliphatic heterocycles. The van der Waals surface area contributed by atoms with E-state index in [9.17, 15) is 33.0 Å². The number of ether oxygens (including phenoxy) is 4. The molecule has 2 aliphatic rings. The van der Waals surface area contributed by atoms with E-state index in [1.54, 1.807) is 0 Å². The zero-order valence-corrected chi connectivity index (χ0v) is 33.1. The van der Waals surface area contributed by atoms with Crippen molar-refractivity contribution in [2.24, 2.45) is 11.8 Å². The maximum atomic E-state index is 14.1. The van der Waals surface area contributed by atoms with Crippen molar-refractivity contribution < 1.29 is 55.8 Å². The molecule has 2 heterocycles. The number of aliphatic hydroxyl groups excluding tert-OH is 1. The molecule has 2 saturated heterocycles. The number of amides is 1. The number of nitrogens with one attached hydrogen (secondary N) is 1. The Balaban J connectivity index is 1.49. The highest BCUT2D eigenvalue weighted by molar-refractivity contribution is 7.89. The van der Waals surface area contributed by atoms with Crippen LogP contribution in [0.2, 0.25) is 0 Å². The maximum Gasteiger partial charge on any atom is 0.407 e. The van der Waals surface area contributed by atoms with E-state index in [4.69, 9.17) is 28.0 Å². The molecular weight excluding hydrogens is 745 g/mol. The van der Waals surface area contributed by atoms with Gasteiger partial charge in [0.05, 0.1) is 54.3 Å². The van der Waals surface area contributed by atoms with Crippen molar-refractivity contribution in [3.63, 3.8) is 0 Å². The summed E-state index contributed by atoms with van der Waals surface area (Å²) >= 11 is 0. The van der Waals surface area contributed by atoms with E-state index in [0.717, 1.165) is 17.1 Å². The predicted molar refractivity (Wildman–Crippen MR) is 199 cm³/mol. The highest BCUT2D eigenvalue weighted by Gasteiger charge is 2.44. The zero-order chi connectivity index (χ0) is 39.3. The number of aliphatic hydroxyl groups is 1. The van der Waals surface area contributed by atoms with Gasteiger partial charge in [-0.05, 0) is 61.4 Å². The van der Waals surface area contributed by atoms with Crippen LogP contribution in [-0.2, 0) is 44.3 Å². The molecular formula is C36H54N3O13PS. The molecule has 2 aromatic rings. The third-order valence-corrected chi connectivity index (χ3v) is 12.4. The molecule has 18 heteroatoms. The number of benzene rings is 2. The maximum absolute atomic E-state index is 14.1. The Morgan fingerprint density at radius 2 is 1.69 bits per heavy atom. The van der Waals surface area contributed by atoms with Crippen molar-refractivity contribution in [3.05, 3.63) is 64.2 Å². The van der Waals surface area contributed by atoms with Crippen molar-refractivity contribution in [1.29, 1.82) is 0 Å². The summed E-state index contributed by atoms with van der Waals surface area (Å²) in [6, 6.07) is 10.2. The van der Waals surface area contributed by atoms with E-state index >= 15 is 0 Å². The van der Waals surface area contributed by atoms with Gasteiger partial charge >= 0.3 is 13.7 Å². The molecule has 0 aromatic heterocycles. The number of carbonyl (C=O) groups is 1. The summed E-state index contributed by atoms with van der Waals surface area (Å²) in [5, 5.41) is 25.5. The van der Waals surface area contributed by atoms with Crippen molar-refractivity contribution in [2.75, 3.05) is 45.9 Å². The summed E-state index contributed by atoms with van der Waals surface area (Å²) in [6.45, 7) is 8.46. The zero-order valence-electron chi connectivity index (χ0n) is 31.4. The van der Waals surface area contributed by atoms with Crippen molar-refractivity contribution >= 4 is 29.4 Å². The van der Waals surface area contributed by atoms with Crippen LogP contribution in [-0.4, -0.2) is 99.3 Å². The lowest BCUT2D eigenvalue weighted by atomic mass is 10.0. The number of nitrogens with zero attached hydrogens (tertiary/aromatic N) is 2. The molecule has 0 unspecified atom stereocenters. The highest BCUT2D eigenvalue weighted by atomic mass is 32.2. The van der Waals surface area contributed by atoms with Crippen molar-refractivity contribution in [3.8, 4) is 5.75 Å². The van der Waals surface area contributed by atoms with Crippen LogP contribution in [0.25, 0.3) is 0 Å². The van der Waals surface area contributed by atoms with Crippen LogP contribution in [0.15, 0.2) is 53.4 Å². The summed E-state index contributed by atoms with van der Waals surface area (Å²) in [4.78, 5) is 23.8. The number of unbranched alkanes of at least 4 members (excludes halogenated alkanes) is 2. The van der Waals surface area contributed by atoms with Crippen molar-refractivity contribution in [1.82, 2.24) is 9.62 Å². The SMILES string of the molecule is CCCCOP(=O)(COc1ccc(S(=O)(=O)N(CC(C)C)C[C@@H](O)[C@H](Cc2ccc([N+](=O)[O-])cc2)NC(=O)O[C@H]2CO[C@H]3OCC[C@H]32)cc1)OCCCC. The van der Waals surface area contributed by atoms with Gasteiger partial charge in [0.2, 0.25) is 10.0 Å². The lowest BCUT2D eigenvalue weighted by molar-refractivity contribution is -0.384. The number of nitro benzene ring substituents is 1. The lowest BCUT2D eigenvalue weighted by Gasteiger charge is -2.31. The van der Waals surface area contributed by atoms with E-state index in [2.05, 4.69) is 5.32 Å². The Kier molecular flexibility index (Phi) is 16.7. The van der Waals surface area contributed by atoms with Gasteiger partial charge in [0.1, 0.15) is 11.9 Å².